The van der Waals surface area contributed by atoms with Crippen LogP contribution in [0, 0.1) is 11.8 Å². The number of benzene rings is 1. The van der Waals surface area contributed by atoms with Crippen molar-refractivity contribution < 1.29 is 14.7 Å². The maximum Gasteiger partial charge on any atom is 0.307 e. The molecule has 0 heterocycles. The lowest BCUT2D eigenvalue weighted by atomic mass is 10.1. The zero-order chi connectivity index (χ0) is 12.4. The first-order valence-corrected chi connectivity index (χ1v) is 5.74. The third kappa shape index (κ3) is 2.64. The predicted octanol–water partition coefficient (Wildman–Crippen LogP) is 1.91. The Hall–Kier alpha value is -1.84. The Morgan fingerprint density at radius 3 is 2.41 bits per heavy atom. The molecule has 4 heteroatoms. The molecule has 1 aromatic rings. The van der Waals surface area contributed by atoms with Gasteiger partial charge in [0.05, 0.1) is 11.8 Å². The molecule has 90 valence electrons. The number of hydrogen-bond acceptors (Lipinski definition) is 2. The molecule has 0 unspecified atom stereocenters. The van der Waals surface area contributed by atoms with Crippen LogP contribution in [0.2, 0.25) is 0 Å². The lowest BCUT2D eigenvalue weighted by Crippen LogP contribution is -2.16. The minimum absolute atomic E-state index is 0.193. The van der Waals surface area contributed by atoms with Crippen LogP contribution in [0.4, 0.5) is 5.69 Å². The first-order valence-electron chi connectivity index (χ1n) is 5.74. The Morgan fingerprint density at radius 1 is 1.29 bits per heavy atom. The highest BCUT2D eigenvalue weighted by Crippen LogP contribution is 2.39. The number of carbonyl (C=O) groups excluding carboxylic acids is 1. The Bertz CT molecular complexity index is 438. The van der Waals surface area contributed by atoms with Gasteiger partial charge in [0.25, 0.3) is 0 Å². The molecule has 1 amide bonds. The van der Waals surface area contributed by atoms with Gasteiger partial charge < -0.3 is 10.4 Å². The maximum atomic E-state index is 11.7. The van der Waals surface area contributed by atoms with Crippen molar-refractivity contribution in [1.29, 1.82) is 0 Å². The van der Waals surface area contributed by atoms with Crippen LogP contribution in [-0.4, -0.2) is 17.0 Å². The fourth-order valence-electron chi connectivity index (χ4n) is 1.82. The zero-order valence-corrected chi connectivity index (χ0v) is 9.64. The lowest BCUT2D eigenvalue weighted by Gasteiger charge is -2.05. The Kier molecular flexibility index (Phi) is 3.13. The van der Waals surface area contributed by atoms with Crippen molar-refractivity contribution in [3.05, 3.63) is 29.8 Å². The second kappa shape index (κ2) is 4.57. The topological polar surface area (TPSA) is 66.4 Å². The molecule has 17 heavy (non-hydrogen) atoms. The van der Waals surface area contributed by atoms with Crippen molar-refractivity contribution in [2.45, 2.75) is 19.8 Å². The number of rotatable bonds is 4. The van der Waals surface area contributed by atoms with Crippen molar-refractivity contribution in [3.8, 4) is 0 Å². The van der Waals surface area contributed by atoms with Crippen molar-refractivity contribution in [2.75, 3.05) is 5.32 Å². The summed E-state index contributed by atoms with van der Waals surface area (Å²) in [6.45, 7) is 2.06. The average Bonchev–Trinajstić information content (AvgIpc) is 3.10. The van der Waals surface area contributed by atoms with Gasteiger partial charge >= 0.3 is 5.97 Å². The van der Waals surface area contributed by atoms with Crippen LogP contribution in [0.1, 0.15) is 18.9 Å². The molecule has 0 saturated heterocycles. The van der Waals surface area contributed by atoms with E-state index in [0.29, 0.717) is 6.42 Å². The van der Waals surface area contributed by atoms with Gasteiger partial charge in [-0.25, -0.2) is 0 Å². The molecular formula is C13H15NO3. The molecule has 4 nitrogen and oxygen atoms in total. The summed E-state index contributed by atoms with van der Waals surface area (Å²) in [6, 6.07) is 7.60. The molecule has 1 aromatic carbocycles. The Balaban J connectivity index is 1.93. The number of aliphatic carboxylic acids is 1. The van der Waals surface area contributed by atoms with Gasteiger partial charge in [0.1, 0.15) is 0 Å². The van der Waals surface area contributed by atoms with E-state index in [9.17, 15) is 9.59 Å². The number of carbonyl (C=O) groups is 2. The first kappa shape index (κ1) is 11.6. The number of hydrogen-bond donors (Lipinski definition) is 2. The first-order chi connectivity index (χ1) is 8.11. The van der Waals surface area contributed by atoms with E-state index < -0.39 is 11.9 Å². The minimum atomic E-state index is -0.883. The Morgan fingerprint density at radius 2 is 1.94 bits per heavy atom. The quantitative estimate of drug-likeness (QED) is 0.834. The van der Waals surface area contributed by atoms with Gasteiger partial charge in [-0.2, -0.15) is 0 Å². The number of anilines is 1. The summed E-state index contributed by atoms with van der Waals surface area (Å²) in [5, 5.41) is 11.5. The van der Waals surface area contributed by atoms with Crippen LogP contribution in [0.25, 0.3) is 0 Å². The van der Waals surface area contributed by atoms with E-state index in [1.54, 1.807) is 0 Å². The van der Waals surface area contributed by atoms with Crippen molar-refractivity contribution in [2.24, 2.45) is 11.8 Å². The molecule has 1 aliphatic rings. The second-order valence-corrected chi connectivity index (χ2v) is 4.33. The standard InChI is InChI=1S/C13H15NO3/c1-2-8-3-5-9(6-4-8)14-12(15)10-7-11(10)13(16)17/h3-6,10-11H,2,7H2,1H3,(H,14,15)(H,16,17)/t10-,11+/m1/s1. The van der Waals surface area contributed by atoms with Crippen LogP contribution in [0.15, 0.2) is 24.3 Å². The van der Waals surface area contributed by atoms with Crippen molar-refractivity contribution >= 4 is 17.6 Å². The van der Waals surface area contributed by atoms with Crippen LogP contribution < -0.4 is 5.32 Å². The fraction of sp³-hybridized carbons (Fsp3) is 0.385. The predicted molar refractivity (Wildman–Crippen MR) is 63.7 cm³/mol. The number of carboxylic acid groups (broad SMARTS) is 1. The molecule has 0 aromatic heterocycles. The smallest absolute Gasteiger partial charge is 0.307 e. The van der Waals surface area contributed by atoms with Crippen LogP contribution in [-0.2, 0) is 16.0 Å². The highest BCUT2D eigenvalue weighted by molar-refractivity contribution is 5.98. The van der Waals surface area contributed by atoms with Crippen LogP contribution >= 0.6 is 0 Å². The average molecular weight is 233 g/mol. The highest BCUT2D eigenvalue weighted by atomic mass is 16.4. The van der Waals surface area contributed by atoms with Gasteiger partial charge in [-0.15, -0.1) is 0 Å². The van der Waals surface area contributed by atoms with Crippen molar-refractivity contribution in [1.82, 2.24) is 0 Å². The molecule has 2 rings (SSSR count). The molecular weight excluding hydrogens is 218 g/mol. The largest absolute Gasteiger partial charge is 0.481 e. The van der Waals surface area contributed by atoms with Gasteiger partial charge in [-0.05, 0) is 30.5 Å². The van der Waals surface area contributed by atoms with Crippen LogP contribution in [0.3, 0.4) is 0 Å². The molecule has 0 spiro atoms. The van der Waals surface area contributed by atoms with Gasteiger partial charge in [0, 0.05) is 5.69 Å². The summed E-state index contributed by atoms with van der Waals surface area (Å²) in [4.78, 5) is 22.3. The summed E-state index contributed by atoms with van der Waals surface area (Å²) in [5.74, 6) is -1.93. The van der Waals surface area contributed by atoms with Gasteiger partial charge in [-0.3, -0.25) is 9.59 Å². The van der Waals surface area contributed by atoms with Gasteiger partial charge in [-0.1, -0.05) is 19.1 Å². The second-order valence-electron chi connectivity index (χ2n) is 4.33. The molecule has 1 fully saturated rings. The highest BCUT2D eigenvalue weighted by Gasteiger charge is 2.48. The summed E-state index contributed by atoms with van der Waals surface area (Å²) in [6.07, 6.45) is 1.41. The molecule has 2 atom stereocenters. The maximum absolute atomic E-state index is 11.7. The molecule has 0 aliphatic heterocycles. The summed E-state index contributed by atoms with van der Waals surface area (Å²) in [7, 11) is 0. The molecule has 1 aliphatic carbocycles. The van der Waals surface area contributed by atoms with E-state index in [1.807, 2.05) is 24.3 Å². The fourth-order valence-corrected chi connectivity index (χ4v) is 1.82. The number of aryl methyl sites for hydroxylation is 1. The van der Waals surface area contributed by atoms with Gasteiger partial charge in [0.2, 0.25) is 5.91 Å². The lowest BCUT2D eigenvalue weighted by molar-refractivity contribution is -0.139. The molecule has 2 N–H and O–H groups in total. The van der Waals surface area contributed by atoms with Crippen LogP contribution in [0.5, 0.6) is 0 Å². The number of carboxylic acids is 1. The normalized spacial score (nSPS) is 21.9. The monoisotopic (exact) mass is 233 g/mol. The SMILES string of the molecule is CCc1ccc(NC(=O)[C@@H]2C[C@@H]2C(=O)O)cc1. The number of amides is 1. The van der Waals surface area contributed by atoms with E-state index >= 15 is 0 Å². The summed E-state index contributed by atoms with van der Waals surface area (Å²) in [5.41, 5.74) is 1.93. The van der Waals surface area contributed by atoms with E-state index in [4.69, 9.17) is 5.11 Å². The zero-order valence-electron chi connectivity index (χ0n) is 9.64. The van der Waals surface area contributed by atoms with Crippen molar-refractivity contribution in [3.63, 3.8) is 0 Å². The van der Waals surface area contributed by atoms with E-state index in [1.165, 1.54) is 5.56 Å². The third-order valence-corrected chi connectivity index (χ3v) is 3.07. The van der Waals surface area contributed by atoms with E-state index in [-0.39, 0.29) is 11.8 Å². The summed E-state index contributed by atoms with van der Waals surface area (Å²) >= 11 is 0. The van der Waals surface area contributed by atoms with E-state index in [0.717, 1.165) is 12.1 Å². The minimum Gasteiger partial charge on any atom is -0.481 e. The molecule has 0 bridgehead atoms. The Labute approximate surface area is 99.6 Å². The van der Waals surface area contributed by atoms with Gasteiger partial charge in [0.15, 0.2) is 0 Å². The summed E-state index contributed by atoms with van der Waals surface area (Å²) < 4.78 is 0. The molecule has 1 saturated carbocycles. The third-order valence-electron chi connectivity index (χ3n) is 3.07. The van der Waals surface area contributed by atoms with E-state index in [2.05, 4.69) is 12.2 Å². The molecule has 0 radical (unpaired) electrons. The number of nitrogens with one attached hydrogen (secondary N) is 1.